The van der Waals surface area contributed by atoms with Gasteiger partial charge in [-0.05, 0) is 25.1 Å². The van der Waals surface area contributed by atoms with Gasteiger partial charge in [-0.15, -0.1) is 0 Å². The molecule has 24 heavy (non-hydrogen) atoms. The van der Waals surface area contributed by atoms with Crippen molar-refractivity contribution in [2.24, 2.45) is 0 Å². The number of carbonyl (C=O) groups excluding carboxylic acids is 1. The summed E-state index contributed by atoms with van der Waals surface area (Å²) >= 11 is 0. The summed E-state index contributed by atoms with van der Waals surface area (Å²) in [7, 11) is 0. The van der Waals surface area contributed by atoms with E-state index in [0.29, 0.717) is 22.4 Å². The van der Waals surface area contributed by atoms with Crippen LogP contribution in [0.2, 0.25) is 0 Å². The molecule has 0 radical (unpaired) electrons. The molecule has 0 N–H and O–H groups in total. The lowest BCUT2D eigenvalue weighted by Gasteiger charge is -2.10. The fourth-order valence-electron chi connectivity index (χ4n) is 2.29. The maximum absolute atomic E-state index is 14.1. The van der Waals surface area contributed by atoms with Gasteiger partial charge in [-0.1, -0.05) is 0 Å². The molecule has 0 saturated carbocycles. The van der Waals surface area contributed by atoms with Gasteiger partial charge in [0.05, 0.1) is 16.9 Å². The van der Waals surface area contributed by atoms with Crippen molar-refractivity contribution in [1.82, 2.24) is 15.0 Å². The minimum atomic E-state index is -0.737. The summed E-state index contributed by atoms with van der Waals surface area (Å²) in [4.78, 5) is 24.0. The number of hydrogen-bond acceptors (Lipinski definition) is 5. The van der Waals surface area contributed by atoms with E-state index in [1.54, 1.807) is 13.0 Å². The molecular formula is C17H13F2N3O2. The van der Waals surface area contributed by atoms with Crippen LogP contribution in [0.1, 0.15) is 18.3 Å². The summed E-state index contributed by atoms with van der Waals surface area (Å²) < 4.78 is 32.2. The first kappa shape index (κ1) is 15.9. The maximum Gasteiger partial charge on any atom is 0.303 e. The smallest absolute Gasteiger partial charge is 0.303 e. The second-order valence-corrected chi connectivity index (χ2v) is 5.19. The number of aryl methyl sites for hydroxylation is 1. The standard InChI is InChI=1S/C17H13F2N3O2/c1-9-15(8-24-10(2)23)22-17-14(21-9)5-6-20-16(17)12-4-3-11(18)7-13(12)19/h3-7H,8H2,1-2H3. The average molecular weight is 329 g/mol. The molecule has 7 heteroatoms. The molecule has 0 fully saturated rings. The number of ether oxygens (including phenoxy) is 1. The Morgan fingerprint density at radius 2 is 2.00 bits per heavy atom. The van der Waals surface area contributed by atoms with E-state index in [2.05, 4.69) is 15.0 Å². The molecule has 0 bridgehead atoms. The number of hydrogen-bond donors (Lipinski definition) is 0. The molecule has 0 aliphatic carbocycles. The van der Waals surface area contributed by atoms with Gasteiger partial charge in [0.1, 0.15) is 29.5 Å². The summed E-state index contributed by atoms with van der Waals surface area (Å²) in [6, 6.07) is 4.90. The normalized spacial score (nSPS) is 10.8. The van der Waals surface area contributed by atoms with Crippen LogP contribution < -0.4 is 0 Å². The largest absolute Gasteiger partial charge is 0.459 e. The third-order valence-electron chi connectivity index (χ3n) is 3.45. The van der Waals surface area contributed by atoms with E-state index in [9.17, 15) is 13.6 Å². The topological polar surface area (TPSA) is 65.0 Å². The second-order valence-electron chi connectivity index (χ2n) is 5.19. The molecular weight excluding hydrogens is 316 g/mol. The summed E-state index contributed by atoms with van der Waals surface area (Å²) in [5.74, 6) is -1.85. The van der Waals surface area contributed by atoms with E-state index < -0.39 is 17.6 Å². The number of pyridine rings is 1. The maximum atomic E-state index is 14.1. The van der Waals surface area contributed by atoms with Crippen molar-refractivity contribution in [2.45, 2.75) is 20.5 Å². The van der Waals surface area contributed by atoms with Gasteiger partial charge < -0.3 is 4.74 Å². The molecule has 0 unspecified atom stereocenters. The summed E-state index contributed by atoms with van der Waals surface area (Å²) in [6.07, 6.45) is 1.49. The molecule has 2 heterocycles. The molecule has 3 rings (SSSR count). The van der Waals surface area contributed by atoms with Gasteiger partial charge in [0.15, 0.2) is 0 Å². The quantitative estimate of drug-likeness (QED) is 0.690. The van der Waals surface area contributed by atoms with Gasteiger partial charge in [-0.2, -0.15) is 0 Å². The third-order valence-corrected chi connectivity index (χ3v) is 3.45. The minimum Gasteiger partial charge on any atom is -0.459 e. The Bertz CT molecular complexity index is 945. The van der Waals surface area contributed by atoms with Gasteiger partial charge in [0.25, 0.3) is 0 Å². The summed E-state index contributed by atoms with van der Waals surface area (Å²) in [6.45, 7) is 3.00. The first-order valence-electron chi connectivity index (χ1n) is 7.16. The molecule has 3 aromatic rings. The van der Waals surface area contributed by atoms with Crippen LogP contribution in [0.15, 0.2) is 30.5 Å². The average Bonchev–Trinajstić information content (AvgIpc) is 2.52. The molecule has 0 aliphatic heterocycles. The van der Waals surface area contributed by atoms with Crippen LogP contribution in [0, 0.1) is 18.6 Å². The number of fused-ring (bicyclic) bond motifs is 1. The van der Waals surface area contributed by atoms with Crippen LogP contribution in [-0.4, -0.2) is 20.9 Å². The van der Waals surface area contributed by atoms with Gasteiger partial charge in [-0.25, -0.2) is 18.7 Å². The SMILES string of the molecule is CC(=O)OCc1nc2c(-c3ccc(F)cc3F)nccc2nc1C. The summed E-state index contributed by atoms with van der Waals surface area (Å²) in [5.41, 5.74) is 2.30. The predicted molar refractivity (Wildman–Crippen MR) is 82.9 cm³/mol. The van der Waals surface area contributed by atoms with Crippen molar-refractivity contribution in [1.29, 1.82) is 0 Å². The highest BCUT2D eigenvalue weighted by Gasteiger charge is 2.15. The lowest BCUT2D eigenvalue weighted by Crippen LogP contribution is -2.05. The van der Waals surface area contributed by atoms with E-state index in [1.165, 1.54) is 19.2 Å². The highest BCUT2D eigenvalue weighted by atomic mass is 19.1. The minimum absolute atomic E-state index is 0.0374. The van der Waals surface area contributed by atoms with Crippen LogP contribution in [-0.2, 0) is 16.1 Å². The Kier molecular flexibility index (Phi) is 4.16. The van der Waals surface area contributed by atoms with Gasteiger partial charge in [-0.3, -0.25) is 9.78 Å². The van der Waals surface area contributed by atoms with Crippen molar-refractivity contribution in [3.05, 3.63) is 53.5 Å². The first-order valence-corrected chi connectivity index (χ1v) is 7.16. The molecule has 0 atom stereocenters. The van der Waals surface area contributed by atoms with E-state index >= 15 is 0 Å². The first-order chi connectivity index (χ1) is 11.5. The lowest BCUT2D eigenvalue weighted by molar-refractivity contribution is -0.142. The van der Waals surface area contributed by atoms with E-state index in [-0.39, 0.29) is 17.9 Å². The van der Waals surface area contributed by atoms with E-state index in [1.807, 2.05) is 0 Å². The van der Waals surface area contributed by atoms with Gasteiger partial charge in [0, 0.05) is 24.8 Å². The summed E-state index contributed by atoms with van der Waals surface area (Å²) in [5, 5.41) is 0. The molecule has 0 spiro atoms. The third kappa shape index (κ3) is 3.05. The number of nitrogens with zero attached hydrogens (tertiary/aromatic N) is 3. The van der Waals surface area contributed by atoms with Gasteiger partial charge >= 0.3 is 5.97 Å². The zero-order chi connectivity index (χ0) is 17.3. The molecule has 0 saturated heterocycles. The Morgan fingerprint density at radius 3 is 2.71 bits per heavy atom. The molecule has 2 aromatic heterocycles. The monoisotopic (exact) mass is 329 g/mol. The number of carbonyl (C=O) groups is 1. The number of esters is 1. The zero-order valence-corrected chi connectivity index (χ0v) is 13.0. The Morgan fingerprint density at radius 1 is 1.21 bits per heavy atom. The Labute approximate surface area is 136 Å². The molecule has 122 valence electrons. The van der Waals surface area contributed by atoms with Crippen molar-refractivity contribution in [3.8, 4) is 11.3 Å². The van der Waals surface area contributed by atoms with Crippen LogP contribution in [0.4, 0.5) is 8.78 Å². The van der Waals surface area contributed by atoms with E-state index in [4.69, 9.17) is 4.74 Å². The highest BCUT2D eigenvalue weighted by molar-refractivity contribution is 5.89. The fraction of sp³-hybridized carbons (Fsp3) is 0.176. The van der Waals surface area contributed by atoms with E-state index in [0.717, 1.165) is 12.1 Å². The Balaban J connectivity index is 2.17. The number of aromatic nitrogens is 3. The molecule has 5 nitrogen and oxygen atoms in total. The van der Waals surface area contributed by atoms with Crippen molar-refractivity contribution in [3.63, 3.8) is 0 Å². The number of benzene rings is 1. The molecule has 1 aromatic carbocycles. The van der Waals surface area contributed by atoms with Crippen LogP contribution in [0.25, 0.3) is 22.3 Å². The van der Waals surface area contributed by atoms with Crippen LogP contribution in [0.5, 0.6) is 0 Å². The molecule has 0 amide bonds. The van der Waals surface area contributed by atoms with Crippen LogP contribution >= 0.6 is 0 Å². The lowest BCUT2D eigenvalue weighted by atomic mass is 10.1. The highest BCUT2D eigenvalue weighted by Crippen LogP contribution is 2.27. The van der Waals surface area contributed by atoms with Crippen molar-refractivity contribution < 1.29 is 18.3 Å². The molecule has 0 aliphatic rings. The number of rotatable bonds is 3. The Hall–Kier alpha value is -2.96. The predicted octanol–water partition coefficient (Wildman–Crippen LogP) is 3.34. The van der Waals surface area contributed by atoms with Crippen LogP contribution in [0.3, 0.4) is 0 Å². The number of halogens is 2. The zero-order valence-electron chi connectivity index (χ0n) is 13.0. The van der Waals surface area contributed by atoms with Gasteiger partial charge in [0.2, 0.25) is 0 Å². The fourth-order valence-corrected chi connectivity index (χ4v) is 2.29. The second kappa shape index (κ2) is 6.27. The van der Waals surface area contributed by atoms with Crippen molar-refractivity contribution in [2.75, 3.05) is 0 Å². The van der Waals surface area contributed by atoms with Crippen molar-refractivity contribution >= 4 is 17.0 Å².